The highest BCUT2D eigenvalue weighted by Crippen LogP contribution is 2.22. The van der Waals surface area contributed by atoms with E-state index in [9.17, 15) is 10.1 Å². The van der Waals surface area contributed by atoms with Crippen molar-refractivity contribution in [1.82, 2.24) is 5.32 Å². The van der Waals surface area contributed by atoms with Crippen LogP contribution >= 0.6 is 0 Å². The van der Waals surface area contributed by atoms with E-state index in [1.165, 1.54) is 0 Å². The molecule has 0 atom stereocenters. The van der Waals surface area contributed by atoms with Gasteiger partial charge in [-0.05, 0) is 51.0 Å². The minimum Gasteiger partial charge on any atom is -0.380 e. The van der Waals surface area contributed by atoms with Crippen molar-refractivity contribution < 1.29 is 9.53 Å². The van der Waals surface area contributed by atoms with Crippen LogP contribution in [0, 0.1) is 11.3 Å². The van der Waals surface area contributed by atoms with Gasteiger partial charge in [-0.1, -0.05) is 12.1 Å². The van der Waals surface area contributed by atoms with Gasteiger partial charge in [0, 0.05) is 31.9 Å². The van der Waals surface area contributed by atoms with Crippen LogP contribution in [0.2, 0.25) is 0 Å². The number of amides is 1. The number of hydrogen-bond acceptors (Lipinski definition) is 4. The molecule has 1 aromatic carbocycles. The zero-order valence-corrected chi connectivity index (χ0v) is 15.1. The van der Waals surface area contributed by atoms with Gasteiger partial charge in [0.1, 0.15) is 11.6 Å². The Hall–Kier alpha value is -2.32. The lowest BCUT2D eigenvalue weighted by Gasteiger charge is -2.21. The van der Waals surface area contributed by atoms with Crippen molar-refractivity contribution >= 4 is 17.2 Å². The van der Waals surface area contributed by atoms with E-state index in [-0.39, 0.29) is 11.5 Å². The Kier molecular flexibility index (Phi) is 8.59. The number of rotatable bonds is 9. The van der Waals surface area contributed by atoms with Crippen LogP contribution in [0.15, 0.2) is 29.8 Å². The number of nitrogens with zero attached hydrogens (tertiary/aromatic N) is 2. The smallest absolute Gasteiger partial charge is 0.262 e. The van der Waals surface area contributed by atoms with Crippen molar-refractivity contribution in [3.05, 3.63) is 35.4 Å². The lowest BCUT2D eigenvalue weighted by molar-refractivity contribution is -0.117. The summed E-state index contributed by atoms with van der Waals surface area (Å²) in [7, 11) is 0. The first-order valence-corrected chi connectivity index (χ1v) is 8.41. The fraction of sp³-hybridized carbons (Fsp3) is 0.474. The Morgan fingerprint density at radius 3 is 2.33 bits per heavy atom. The third kappa shape index (κ3) is 5.39. The second-order valence-corrected chi connectivity index (χ2v) is 5.28. The SMILES string of the molecule is CCOCCNC(=O)/C(C#N)=C(\C)c1ccc(N(CC)CC)cc1. The van der Waals surface area contributed by atoms with E-state index in [0.29, 0.717) is 25.3 Å². The summed E-state index contributed by atoms with van der Waals surface area (Å²) in [5.74, 6) is -0.359. The number of nitriles is 1. The summed E-state index contributed by atoms with van der Waals surface area (Å²) in [5, 5.41) is 12.1. The van der Waals surface area contributed by atoms with Gasteiger partial charge in [-0.15, -0.1) is 0 Å². The lowest BCUT2D eigenvalue weighted by Crippen LogP contribution is -2.28. The fourth-order valence-corrected chi connectivity index (χ4v) is 2.43. The molecule has 0 saturated carbocycles. The van der Waals surface area contributed by atoms with Crippen molar-refractivity contribution in [1.29, 1.82) is 5.26 Å². The first-order valence-electron chi connectivity index (χ1n) is 8.41. The van der Waals surface area contributed by atoms with Crippen LogP contribution < -0.4 is 10.2 Å². The molecule has 1 aromatic rings. The minimum atomic E-state index is -0.359. The molecule has 0 radical (unpaired) electrons. The number of benzene rings is 1. The van der Waals surface area contributed by atoms with Crippen LogP contribution in [0.25, 0.3) is 5.57 Å². The molecule has 130 valence electrons. The maximum Gasteiger partial charge on any atom is 0.262 e. The standard InChI is InChI=1S/C19H27N3O2/c1-5-22(6-2)17-10-8-16(9-11-17)15(4)18(14-20)19(23)21-12-13-24-7-3/h8-11H,5-7,12-13H2,1-4H3,(H,21,23)/b18-15+. The summed E-state index contributed by atoms with van der Waals surface area (Å²) < 4.78 is 5.18. The molecule has 0 aromatic heterocycles. The number of carbonyl (C=O) groups excluding carboxylic acids is 1. The van der Waals surface area contributed by atoms with Crippen LogP contribution in [-0.2, 0) is 9.53 Å². The molecule has 1 rings (SSSR count). The average Bonchev–Trinajstić information content (AvgIpc) is 2.61. The maximum absolute atomic E-state index is 12.2. The first-order chi connectivity index (χ1) is 11.6. The molecule has 5 heteroatoms. The molecule has 5 nitrogen and oxygen atoms in total. The second-order valence-electron chi connectivity index (χ2n) is 5.28. The molecule has 0 fully saturated rings. The van der Waals surface area contributed by atoms with E-state index in [1.807, 2.05) is 37.3 Å². The van der Waals surface area contributed by atoms with E-state index in [0.717, 1.165) is 24.3 Å². The molecule has 0 aliphatic rings. The van der Waals surface area contributed by atoms with Crippen LogP contribution in [0.3, 0.4) is 0 Å². The van der Waals surface area contributed by atoms with Gasteiger partial charge in [-0.3, -0.25) is 4.79 Å². The Morgan fingerprint density at radius 1 is 1.21 bits per heavy atom. The summed E-state index contributed by atoms with van der Waals surface area (Å²) in [6, 6.07) is 9.96. The van der Waals surface area contributed by atoms with Gasteiger partial charge in [0.15, 0.2) is 0 Å². The molecular formula is C19H27N3O2. The van der Waals surface area contributed by atoms with E-state index < -0.39 is 0 Å². The van der Waals surface area contributed by atoms with E-state index >= 15 is 0 Å². The first kappa shape index (κ1) is 19.7. The van der Waals surface area contributed by atoms with E-state index in [2.05, 4.69) is 24.1 Å². The number of hydrogen-bond donors (Lipinski definition) is 1. The molecule has 0 aliphatic heterocycles. The predicted molar refractivity (Wildman–Crippen MR) is 97.7 cm³/mol. The van der Waals surface area contributed by atoms with Gasteiger partial charge in [-0.2, -0.15) is 5.26 Å². The van der Waals surface area contributed by atoms with Crippen molar-refractivity contribution in [2.24, 2.45) is 0 Å². The number of carbonyl (C=O) groups is 1. The molecule has 0 heterocycles. The van der Waals surface area contributed by atoms with Crippen LogP contribution in [0.5, 0.6) is 0 Å². The highest BCUT2D eigenvalue weighted by molar-refractivity contribution is 6.04. The van der Waals surface area contributed by atoms with Crippen molar-refractivity contribution in [2.75, 3.05) is 37.7 Å². The Morgan fingerprint density at radius 2 is 1.83 bits per heavy atom. The minimum absolute atomic E-state index is 0.141. The van der Waals surface area contributed by atoms with Gasteiger partial charge in [0.05, 0.1) is 6.61 Å². The molecule has 0 unspecified atom stereocenters. The van der Waals surface area contributed by atoms with Gasteiger partial charge >= 0.3 is 0 Å². The number of anilines is 1. The zero-order valence-electron chi connectivity index (χ0n) is 15.1. The van der Waals surface area contributed by atoms with Gasteiger partial charge in [0.25, 0.3) is 5.91 Å². The van der Waals surface area contributed by atoms with Crippen molar-refractivity contribution in [3.8, 4) is 6.07 Å². The third-order valence-corrected chi connectivity index (χ3v) is 3.88. The number of nitrogens with one attached hydrogen (secondary N) is 1. The van der Waals surface area contributed by atoms with Crippen LogP contribution in [0.4, 0.5) is 5.69 Å². The lowest BCUT2D eigenvalue weighted by atomic mass is 10.0. The summed E-state index contributed by atoms with van der Waals surface area (Å²) >= 11 is 0. The Balaban J connectivity index is 2.90. The monoisotopic (exact) mass is 329 g/mol. The quantitative estimate of drug-likeness (QED) is 0.430. The molecule has 0 saturated heterocycles. The highest BCUT2D eigenvalue weighted by Gasteiger charge is 2.13. The molecule has 0 bridgehead atoms. The zero-order chi connectivity index (χ0) is 17.9. The van der Waals surface area contributed by atoms with E-state index in [1.54, 1.807) is 6.92 Å². The van der Waals surface area contributed by atoms with Crippen molar-refractivity contribution in [3.63, 3.8) is 0 Å². The fourth-order valence-electron chi connectivity index (χ4n) is 2.43. The number of allylic oxidation sites excluding steroid dienone is 1. The normalized spacial score (nSPS) is 11.5. The van der Waals surface area contributed by atoms with E-state index in [4.69, 9.17) is 4.74 Å². The van der Waals surface area contributed by atoms with Crippen LogP contribution in [-0.4, -0.2) is 38.8 Å². The Labute approximate surface area is 144 Å². The van der Waals surface area contributed by atoms with Gasteiger partial charge < -0.3 is 15.0 Å². The largest absolute Gasteiger partial charge is 0.380 e. The molecule has 24 heavy (non-hydrogen) atoms. The second kappa shape index (κ2) is 10.5. The maximum atomic E-state index is 12.2. The van der Waals surface area contributed by atoms with Crippen molar-refractivity contribution in [2.45, 2.75) is 27.7 Å². The summed E-state index contributed by atoms with van der Waals surface area (Å²) in [5.41, 5.74) is 2.83. The number of ether oxygens (including phenoxy) is 1. The van der Waals surface area contributed by atoms with Gasteiger partial charge in [-0.25, -0.2) is 0 Å². The average molecular weight is 329 g/mol. The summed E-state index contributed by atoms with van der Waals surface area (Å²) in [6.07, 6.45) is 0. The molecule has 0 aliphatic carbocycles. The van der Waals surface area contributed by atoms with Gasteiger partial charge in [0.2, 0.25) is 0 Å². The highest BCUT2D eigenvalue weighted by atomic mass is 16.5. The van der Waals surface area contributed by atoms with Crippen LogP contribution in [0.1, 0.15) is 33.3 Å². The predicted octanol–water partition coefficient (Wildman–Crippen LogP) is 2.98. The topological polar surface area (TPSA) is 65.4 Å². The summed E-state index contributed by atoms with van der Waals surface area (Å²) in [6.45, 7) is 11.2. The molecule has 1 amide bonds. The molecule has 0 spiro atoms. The molecule has 1 N–H and O–H groups in total. The summed E-state index contributed by atoms with van der Waals surface area (Å²) in [4.78, 5) is 14.4. The molecular weight excluding hydrogens is 302 g/mol. The Bertz CT molecular complexity index is 596. The third-order valence-electron chi connectivity index (χ3n) is 3.88.